The highest BCUT2D eigenvalue weighted by Gasteiger charge is 2.08. The fourth-order valence-electron chi connectivity index (χ4n) is 2.30. The first-order chi connectivity index (χ1) is 10.8. The van der Waals surface area contributed by atoms with Crippen molar-refractivity contribution in [2.24, 2.45) is 0 Å². The Bertz CT molecular complexity index is 754. The average molecular weight is 295 g/mol. The molecular formula is C17H17N3O2. The van der Waals surface area contributed by atoms with Gasteiger partial charge >= 0.3 is 0 Å². The summed E-state index contributed by atoms with van der Waals surface area (Å²) in [5.74, 6) is 1.59. The molecule has 0 radical (unpaired) electrons. The number of ether oxygens (including phenoxy) is 2. The van der Waals surface area contributed by atoms with Crippen LogP contribution in [0.15, 0.2) is 54.7 Å². The summed E-state index contributed by atoms with van der Waals surface area (Å²) in [7, 11) is 3.30. The van der Waals surface area contributed by atoms with Gasteiger partial charge in [0.15, 0.2) is 0 Å². The molecule has 5 nitrogen and oxygen atoms in total. The van der Waals surface area contributed by atoms with Crippen LogP contribution in [-0.2, 0) is 6.54 Å². The summed E-state index contributed by atoms with van der Waals surface area (Å²) in [6.07, 6.45) is 1.92. The maximum atomic E-state index is 5.39. The molecule has 1 aromatic heterocycles. The number of hydrogen-bond acceptors (Lipinski definition) is 4. The zero-order chi connectivity index (χ0) is 15.4. The molecule has 0 atom stereocenters. The summed E-state index contributed by atoms with van der Waals surface area (Å²) < 4.78 is 12.4. The van der Waals surface area contributed by atoms with Gasteiger partial charge in [0.1, 0.15) is 17.2 Å². The lowest BCUT2D eigenvalue weighted by Crippen LogP contribution is -2.03. The Kier molecular flexibility index (Phi) is 4.05. The van der Waals surface area contributed by atoms with Crippen molar-refractivity contribution in [1.29, 1.82) is 0 Å². The van der Waals surface area contributed by atoms with E-state index in [0.29, 0.717) is 6.54 Å². The third-order valence-electron chi connectivity index (χ3n) is 3.43. The molecule has 3 aromatic rings. The molecule has 22 heavy (non-hydrogen) atoms. The first kappa shape index (κ1) is 14.1. The second kappa shape index (κ2) is 6.30. The topological polar surface area (TPSA) is 49.2 Å². The zero-order valence-corrected chi connectivity index (χ0v) is 12.6. The zero-order valence-electron chi connectivity index (χ0n) is 12.6. The van der Waals surface area contributed by atoms with Crippen LogP contribution in [0.4, 0.5) is 0 Å². The Labute approximate surface area is 129 Å². The van der Waals surface area contributed by atoms with Crippen molar-refractivity contribution in [3.8, 4) is 22.8 Å². The van der Waals surface area contributed by atoms with Gasteiger partial charge in [-0.1, -0.05) is 35.5 Å². The van der Waals surface area contributed by atoms with E-state index in [0.717, 1.165) is 28.3 Å². The minimum Gasteiger partial charge on any atom is -0.497 e. The maximum Gasteiger partial charge on any atom is 0.124 e. The van der Waals surface area contributed by atoms with Crippen molar-refractivity contribution < 1.29 is 9.47 Å². The van der Waals surface area contributed by atoms with E-state index in [4.69, 9.17) is 9.47 Å². The van der Waals surface area contributed by atoms with Crippen LogP contribution in [0.2, 0.25) is 0 Å². The lowest BCUT2D eigenvalue weighted by molar-refractivity contribution is 0.396. The summed E-state index contributed by atoms with van der Waals surface area (Å²) in [6.45, 7) is 0.570. The van der Waals surface area contributed by atoms with Crippen LogP contribution in [0.25, 0.3) is 11.3 Å². The predicted molar refractivity (Wildman–Crippen MR) is 84.1 cm³/mol. The molecule has 112 valence electrons. The molecule has 0 unspecified atom stereocenters. The minimum atomic E-state index is 0.570. The molecule has 0 aliphatic rings. The van der Waals surface area contributed by atoms with Gasteiger partial charge in [0.25, 0.3) is 0 Å². The molecule has 0 aliphatic carbocycles. The van der Waals surface area contributed by atoms with E-state index in [1.54, 1.807) is 18.9 Å². The van der Waals surface area contributed by atoms with Gasteiger partial charge in [-0.15, -0.1) is 5.10 Å². The number of benzene rings is 2. The summed E-state index contributed by atoms with van der Waals surface area (Å²) in [5, 5.41) is 8.41. The quantitative estimate of drug-likeness (QED) is 0.726. The van der Waals surface area contributed by atoms with Gasteiger partial charge in [-0.2, -0.15) is 0 Å². The third-order valence-corrected chi connectivity index (χ3v) is 3.43. The van der Waals surface area contributed by atoms with Crippen LogP contribution in [0.5, 0.6) is 11.5 Å². The first-order valence-electron chi connectivity index (χ1n) is 6.96. The molecule has 1 heterocycles. The minimum absolute atomic E-state index is 0.570. The summed E-state index contributed by atoms with van der Waals surface area (Å²) in [4.78, 5) is 0. The van der Waals surface area contributed by atoms with Gasteiger partial charge in [0.2, 0.25) is 0 Å². The van der Waals surface area contributed by atoms with Gasteiger partial charge in [0.05, 0.1) is 27.0 Å². The fraction of sp³-hybridized carbons (Fsp3) is 0.176. The van der Waals surface area contributed by atoms with Crippen LogP contribution < -0.4 is 9.47 Å². The molecular weight excluding hydrogens is 278 g/mol. The Morgan fingerprint density at radius 1 is 1.00 bits per heavy atom. The lowest BCUT2D eigenvalue weighted by Gasteiger charge is -2.10. The van der Waals surface area contributed by atoms with Crippen LogP contribution in [0.1, 0.15) is 5.56 Å². The fourth-order valence-corrected chi connectivity index (χ4v) is 2.30. The first-order valence-corrected chi connectivity index (χ1v) is 6.96. The van der Waals surface area contributed by atoms with Crippen molar-refractivity contribution in [3.05, 3.63) is 60.3 Å². The smallest absolute Gasteiger partial charge is 0.124 e. The largest absolute Gasteiger partial charge is 0.497 e. The lowest BCUT2D eigenvalue weighted by atomic mass is 10.1. The monoisotopic (exact) mass is 295 g/mol. The average Bonchev–Trinajstić information content (AvgIpc) is 3.04. The van der Waals surface area contributed by atoms with Crippen LogP contribution in [0, 0.1) is 0 Å². The van der Waals surface area contributed by atoms with Crippen LogP contribution in [0.3, 0.4) is 0 Å². The van der Waals surface area contributed by atoms with E-state index in [1.807, 2.05) is 54.7 Å². The SMILES string of the molecule is COc1ccc(OC)c(Cn2cc(-c3ccccc3)nn2)c1. The number of methoxy groups -OCH3 is 2. The van der Waals surface area contributed by atoms with E-state index >= 15 is 0 Å². The molecule has 0 fully saturated rings. The second-order valence-electron chi connectivity index (χ2n) is 4.85. The highest BCUT2D eigenvalue weighted by Crippen LogP contribution is 2.25. The van der Waals surface area contributed by atoms with Crippen molar-refractivity contribution in [2.75, 3.05) is 14.2 Å². The van der Waals surface area contributed by atoms with Crippen LogP contribution >= 0.6 is 0 Å². The van der Waals surface area contributed by atoms with Gasteiger partial charge in [0, 0.05) is 11.1 Å². The van der Waals surface area contributed by atoms with Gasteiger partial charge in [-0.05, 0) is 18.2 Å². The maximum absolute atomic E-state index is 5.39. The molecule has 3 rings (SSSR count). The van der Waals surface area contributed by atoms with Crippen molar-refractivity contribution in [1.82, 2.24) is 15.0 Å². The number of hydrogen-bond donors (Lipinski definition) is 0. The van der Waals surface area contributed by atoms with E-state index < -0.39 is 0 Å². The predicted octanol–water partition coefficient (Wildman–Crippen LogP) is 3.01. The molecule has 2 aromatic carbocycles. The molecule has 0 amide bonds. The second-order valence-corrected chi connectivity index (χ2v) is 4.85. The highest BCUT2D eigenvalue weighted by atomic mass is 16.5. The van der Waals surface area contributed by atoms with Crippen molar-refractivity contribution >= 4 is 0 Å². The molecule has 0 saturated carbocycles. The van der Waals surface area contributed by atoms with E-state index in [1.165, 1.54) is 0 Å². The Balaban J connectivity index is 1.86. The number of rotatable bonds is 5. The normalized spacial score (nSPS) is 10.5. The van der Waals surface area contributed by atoms with Crippen LogP contribution in [-0.4, -0.2) is 29.2 Å². The Morgan fingerprint density at radius 2 is 1.82 bits per heavy atom. The van der Waals surface area contributed by atoms with Gasteiger partial charge < -0.3 is 9.47 Å². The molecule has 0 aliphatic heterocycles. The van der Waals surface area contributed by atoms with Gasteiger partial charge in [-0.3, -0.25) is 0 Å². The molecule has 5 heteroatoms. The molecule has 0 saturated heterocycles. The third kappa shape index (κ3) is 2.93. The number of nitrogens with zero attached hydrogens (tertiary/aromatic N) is 3. The van der Waals surface area contributed by atoms with E-state index in [9.17, 15) is 0 Å². The standard InChI is InChI=1S/C17H17N3O2/c1-21-15-8-9-17(22-2)14(10-15)11-20-12-16(18-19-20)13-6-4-3-5-7-13/h3-10,12H,11H2,1-2H3. The Morgan fingerprint density at radius 3 is 2.55 bits per heavy atom. The van der Waals surface area contributed by atoms with E-state index in [-0.39, 0.29) is 0 Å². The Hall–Kier alpha value is -2.82. The summed E-state index contributed by atoms with van der Waals surface area (Å²) in [6, 6.07) is 15.7. The van der Waals surface area contributed by atoms with Crippen molar-refractivity contribution in [2.45, 2.75) is 6.54 Å². The molecule has 0 spiro atoms. The molecule has 0 N–H and O–H groups in total. The van der Waals surface area contributed by atoms with Crippen molar-refractivity contribution in [3.63, 3.8) is 0 Å². The highest BCUT2D eigenvalue weighted by molar-refractivity contribution is 5.57. The summed E-state index contributed by atoms with van der Waals surface area (Å²) >= 11 is 0. The molecule has 0 bridgehead atoms. The van der Waals surface area contributed by atoms with E-state index in [2.05, 4.69) is 10.3 Å². The summed E-state index contributed by atoms with van der Waals surface area (Å²) in [5.41, 5.74) is 2.89. The number of aromatic nitrogens is 3. The van der Waals surface area contributed by atoms with Gasteiger partial charge in [-0.25, -0.2) is 4.68 Å².